The summed E-state index contributed by atoms with van der Waals surface area (Å²) in [6.07, 6.45) is 1.16. The van der Waals surface area contributed by atoms with Gasteiger partial charge in [-0.1, -0.05) is 18.2 Å². The molecule has 2 aromatic rings. The standard InChI is InChI=1S/C21H23FN2O3/c1-14(15-8-10-17(22)11-9-15)24(2)21(26)16-5-3-6-18(13-16)23-20(25)19-7-4-12-27-19/h3,5-6,8-11,13-14,19H,4,7,12H2,1-2H3,(H,23,25)/t14-,19+/m0/s1. The van der Waals surface area contributed by atoms with Crippen LogP contribution in [0.1, 0.15) is 41.7 Å². The summed E-state index contributed by atoms with van der Waals surface area (Å²) in [7, 11) is 1.70. The van der Waals surface area contributed by atoms with E-state index in [9.17, 15) is 14.0 Å². The molecule has 0 spiro atoms. The van der Waals surface area contributed by atoms with Gasteiger partial charge in [0.25, 0.3) is 11.8 Å². The van der Waals surface area contributed by atoms with Crippen LogP contribution in [0.4, 0.5) is 10.1 Å². The van der Waals surface area contributed by atoms with Crippen molar-refractivity contribution in [1.29, 1.82) is 0 Å². The van der Waals surface area contributed by atoms with E-state index in [1.165, 1.54) is 12.1 Å². The van der Waals surface area contributed by atoms with Gasteiger partial charge in [-0.05, 0) is 55.7 Å². The van der Waals surface area contributed by atoms with Crippen molar-refractivity contribution < 1.29 is 18.7 Å². The number of rotatable bonds is 5. The number of amides is 2. The van der Waals surface area contributed by atoms with Crippen LogP contribution < -0.4 is 5.32 Å². The fraction of sp³-hybridized carbons (Fsp3) is 0.333. The molecule has 1 aliphatic heterocycles. The smallest absolute Gasteiger partial charge is 0.254 e. The number of nitrogens with zero attached hydrogens (tertiary/aromatic N) is 1. The van der Waals surface area contributed by atoms with Crippen LogP contribution in [0.3, 0.4) is 0 Å². The Morgan fingerprint density at radius 2 is 1.96 bits per heavy atom. The van der Waals surface area contributed by atoms with Crippen LogP contribution in [0, 0.1) is 5.82 Å². The van der Waals surface area contributed by atoms with E-state index in [-0.39, 0.29) is 23.7 Å². The molecule has 0 unspecified atom stereocenters. The third kappa shape index (κ3) is 4.52. The number of ether oxygens (including phenoxy) is 1. The quantitative estimate of drug-likeness (QED) is 0.871. The number of halogens is 1. The molecular weight excluding hydrogens is 347 g/mol. The molecule has 1 aliphatic rings. The van der Waals surface area contributed by atoms with Gasteiger partial charge >= 0.3 is 0 Å². The topological polar surface area (TPSA) is 58.6 Å². The second kappa shape index (κ2) is 8.31. The molecule has 2 amide bonds. The predicted octanol–water partition coefficient (Wildman–Crippen LogP) is 3.78. The summed E-state index contributed by atoms with van der Waals surface area (Å²) in [5.74, 6) is -0.681. The zero-order valence-corrected chi connectivity index (χ0v) is 15.4. The molecule has 1 fully saturated rings. The van der Waals surface area contributed by atoms with E-state index in [0.29, 0.717) is 24.3 Å². The molecule has 142 valence electrons. The predicted molar refractivity (Wildman–Crippen MR) is 101 cm³/mol. The van der Waals surface area contributed by atoms with E-state index in [0.717, 1.165) is 12.0 Å². The minimum atomic E-state index is -0.425. The average molecular weight is 370 g/mol. The van der Waals surface area contributed by atoms with E-state index < -0.39 is 6.10 Å². The molecule has 2 aromatic carbocycles. The molecule has 0 radical (unpaired) electrons. The molecule has 2 atom stereocenters. The van der Waals surface area contributed by atoms with Gasteiger partial charge in [-0.3, -0.25) is 9.59 Å². The highest BCUT2D eigenvalue weighted by Crippen LogP contribution is 2.22. The van der Waals surface area contributed by atoms with Crippen molar-refractivity contribution in [1.82, 2.24) is 4.90 Å². The highest BCUT2D eigenvalue weighted by molar-refractivity contribution is 5.98. The second-order valence-electron chi connectivity index (χ2n) is 6.72. The average Bonchev–Trinajstić information content (AvgIpc) is 3.22. The van der Waals surface area contributed by atoms with Crippen molar-refractivity contribution in [3.05, 3.63) is 65.5 Å². The van der Waals surface area contributed by atoms with Crippen molar-refractivity contribution in [3.63, 3.8) is 0 Å². The van der Waals surface area contributed by atoms with Crippen molar-refractivity contribution in [2.24, 2.45) is 0 Å². The van der Waals surface area contributed by atoms with Crippen molar-refractivity contribution in [2.75, 3.05) is 19.0 Å². The first kappa shape index (κ1) is 19.0. The molecule has 1 heterocycles. The van der Waals surface area contributed by atoms with E-state index in [2.05, 4.69) is 5.32 Å². The third-order valence-electron chi connectivity index (χ3n) is 4.85. The fourth-order valence-corrected chi connectivity index (χ4v) is 3.08. The van der Waals surface area contributed by atoms with Gasteiger partial charge in [0.1, 0.15) is 11.9 Å². The number of hydrogen-bond acceptors (Lipinski definition) is 3. The lowest BCUT2D eigenvalue weighted by Crippen LogP contribution is -2.30. The Hall–Kier alpha value is -2.73. The van der Waals surface area contributed by atoms with Crippen molar-refractivity contribution in [2.45, 2.75) is 31.9 Å². The Bertz CT molecular complexity index is 816. The number of carbonyl (C=O) groups is 2. The molecule has 27 heavy (non-hydrogen) atoms. The normalized spacial score (nSPS) is 17.4. The minimum Gasteiger partial charge on any atom is -0.368 e. The zero-order valence-electron chi connectivity index (χ0n) is 15.4. The van der Waals surface area contributed by atoms with Crippen LogP contribution >= 0.6 is 0 Å². The molecule has 1 N–H and O–H groups in total. The monoisotopic (exact) mass is 370 g/mol. The molecule has 6 heteroatoms. The number of carbonyl (C=O) groups excluding carboxylic acids is 2. The summed E-state index contributed by atoms with van der Waals surface area (Å²) in [5, 5.41) is 2.81. The SMILES string of the molecule is C[C@@H](c1ccc(F)cc1)N(C)C(=O)c1cccc(NC(=O)[C@H]2CCCO2)c1. The number of anilines is 1. The Balaban J connectivity index is 1.70. The first-order chi connectivity index (χ1) is 13.0. The molecule has 3 rings (SSSR count). The fourth-order valence-electron chi connectivity index (χ4n) is 3.08. The summed E-state index contributed by atoms with van der Waals surface area (Å²) >= 11 is 0. The Kier molecular flexibility index (Phi) is 5.86. The zero-order chi connectivity index (χ0) is 19.4. The van der Waals surface area contributed by atoms with Gasteiger partial charge in [-0.2, -0.15) is 0 Å². The van der Waals surface area contributed by atoms with E-state index in [1.54, 1.807) is 48.3 Å². The van der Waals surface area contributed by atoms with Crippen LogP contribution in [-0.4, -0.2) is 36.5 Å². The molecule has 1 saturated heterocycles. The van der Waals surface area contributed by atoms with Gasteiger partial charge in [-0.25, -0.2) is 4.39 Å². The first-order valence-corrected chi connectivity index (χ1v) is 9.01. The molecule has 0 aromatic heterocycles. The first-order valence-electron chi connectivity index (χ1n) is 9.01. The maximum atomic E-state index is 13.1. The lowest BCUT2D eigenvalue weighted by Gasteiger charge is -2.25. The van der Waals surface area contributed by atoms with Gasteiger partial charge in [-0.15, -0.1) is 0 Å². The lowest BCUT2D eigenvalue weighted by molar-refractivity contribution is -0.124. The molecule has 0 saturated carbocycles. The third-order valence-corrected chi connectivity index (χ3v) is 4.85. The number of nitrogens with one attached hydrogen (secondary N) is 1. The molecule has 5 nitrogen and oxygen atoms in total. The van der Waals surface area contributed by atoms with Crippen LogP contribution in [0.25, 0.3) is 0 Å². The summed E-state index contributed by atoms with van der Waals surface area (Å²) in [6.45, 7) is 2.48. The van der Waals surface area contributed by atoms with Gasteiger partial charge in [0, 0.05) is 24.9 Å². The molecular formula is C21H23FN2O3. The van der Waals surface area contributed by atoms with Crippen LogP contribution in [-0.2, 0) is 9.53 Å². The number of hydrogen-bond donors (Lipinski definition) is 1. The highest BCUT2D eigenvalue weighted by atomic mass is 19.1. The van der Waals surface area contributed by atoms with Gasteiger partial charge in [0.15, 0.2) is 0 Å². The Morgan fingerprint density at radius 3 is 2.63 bits per heavy atom. The molecule has 0 aliphatic carbocycles. The highest BCUT2D eigenvalue weighted by Gasteiger charge is 2.24. The molecule has 0 bridgehead atoms. The van der Waals surface area contributed by atoms with E-state index in [4.69, 9.17) is 4.74 Å². The van der Waals surface area contributed by atoms with Crippen LogP contribution in [0.5, 0.6) is 0 Å². The van der Waals surface area contributed by atoms with Gasteiger partial charge in [0.05, 0.1) is 6.04 Å². The lowest BCUT2D eigenvalue weighted by atomic mass is 10.1. The maximum absolute atomic E-state index is 13.1. The van der Waals surface area contributed by atoms with Crippen LogP contribution in [0.2, 0.25) is 0 Å². The van der Waals surface area contributed by atoms with E-state index >= 15 is 0 Å². The van der Waals surface area contributed by atoms with Gasteiger partial charge in [0.2, 0.25) is 0 Å². The van der Waals surface area contributed by atoms with Gasteiger partial charge < -0.3 is 15.0 Å². The van der Waals surface area contributed by atoms with Crippen LogP contribution in [0.15, 0.2) is 48.5 Å². The summed E-state index contributed by atoms with van der Waals surface area (Å²) in [5.41, 5.74) is 1.87. The largest absolute Gasteiger partial charge is 0.368 e. The van der Waals surface area contributed by atoms with Crippen molar-refractivity contribution in [3.8, 4) is 0 Å². The summed E-state index contributed by atoms with van der Waals surface area (Å²) in [4.78, 5) is 26.6. The number of benzene rings is 2. The summed E-state index contributed by atoms with van der Waals surface area (Å²) < 4.78 is 18.5. The van der Waals surface area contributed by atoms with E-state index in [1.807, 2.05) is 6.92 Å². The van der Waals surface area contributed by atoms with Crippen molar-refractivity contribution >= 4 is 17.5 Å². The summed E-state index contributed by atoms with van der Waals surface area (Å²) in [6, 6.07) is 12.7. The Labute approximate surface area is 158 Å². The Morgan fingerprint density at radius 1 is 1.22 bits per heavy atom. The minimum absolute atomic E-state index is 0.181. The maximum Gasteiger partial charge on any atom is 0.254 e. The second-order valence-corrected chi connectivity index (χ2v) is 6.72.